The van der Waals surface area contributed by atoms with Crippen molar-refractivity contribution in [1.82, 2.24) is 4.98 Å². The normalized spacial score (nSPS) is 11.6. The lowest BCUT2D eigenvalue weighted by Gasteiger charge is -2.11. The average molecular weight is 401 g/mol. The lowest BCUT2D eigenvalue weighted by atomic mass is 10.2. The molecule has 0 aliphatic rings. The molecule has 0 bridgehead atoms. The lowest BCUT2D eigenvalue weighted by molar-refractivity contribution is -0.115. The van der Waals surface area contributed by atoms with Gasteiger partial charge in [0.05, 0.1) is 5.25 Å². The molecule has 1 unspecified atom stereocenters. The van der Waals surface area contributed by atoms with E-state index in [2.05, 4.69) is 15.6 Å². The van der Waals surface area contributed by atoms with Crippen molar-refractivity contribution in [2.24, 2.45) is 0 Å². The second kappa shape index (κ2) is 8.79. The molecular formula is C19H16FN3O2S2. The number of hydrogen-bond acceptors (Lipinski definition) is 5. The Kier molecular flexibility index (Phi) is 6.20. The Hall–Kier alpha value is -2.71. The van der Waals surface area contributed by atoms with Gasteiger partial charge in [0.15, 0.2) is 5.13 Å². The predicted octanol–water partition coefficient (Wildman–Crippen LogP) is 4.65. The van der Waals surface area contributed by atoms with Gasteiger partial charge in [-0.15, -0.1) is 23.1 Å². The molecule has 0 saturated carbocycles. The summed E-state index contributed by atoms with van der Waals surface area (Å²) in [5.41, 5.74) is 0.996. The van der Waals surface area contributed by atoms with E-state index in [4.69, 9.17) is 0 Å². The van der Waals surface area contributed by atoms with Crippen LogP contribution >= 0.6 is 23.1 Å². The maximum Gasteiger partial charge on any atom is 0.255 e. The molecule has 0 aliphatic heterocycles. The van der Waals surface area contributed by atoms with E-state index in [1.54, 1.807) is 23.7 Å². The van der Waals surface area contributed by atoms with E-state index in [0.717, 1.165) is 4.90 Å². The zero-order valence-corrected chi connectivity index (χ0v) is 15.9. The fourth-order valence-corrected chi connectivity index (χ4v) is 3.57. The zero-order valence-electron chi connectivity index (χ0n) is 14.3. The van der Waals surface area contributed by atoms with Crippen molar-refractivity contribution in [2.75, 3.05) is 10.6 Å². The molecular weight excluding hydrogens is 385 g/mol. The molecule has 138 valence electrons. The van der Waals surface area contributed by atoms with Crippen molar-refractivity contribution >= 4 is 45.7 Å². The topological polar surface area (TPSA) is 71.1 Å². The number of hydrogen-bond donors (Lipinski definition) is 2. The van der Waals surface area contributed by atoms with E-state index in [9.17, 15) is 14.0 Å². The van der Waals surface area contributed by atoms with Gasteiger partial charge in [-0.2, -0.15) is 0 Å². The molecule has 2 N–H and O–H groups in total. The smallest absolute Gasteiger partial charge is 0.255 e. The standard InChI is InChI=1S/C19H16FN3O2S2/c1-12(17(24)23-19-21-10-11-26-19)27-16-8-6-15(7-9-16)22-18(25)13-2-4-14(20)5-3-13/h2-12H,1H3,(H,22,25)(H,21,23,24). The van der Waals surface area contributed by atoms with E-state index in [1.807, 2.05) is 19.1 Å². The van der Waals surface area contributed by atoms with Gasteiger partial charge in [0.25, 0.3) is 5.91 Å². The van der Waals surface area contributed by atoms with E-state index >= 15 is 0 Å². The monoisotopic (exact) mass is 401 g/mol. The number of amides is 2. The summed E-state index contributed by atoms with van der Waals surface area (Å²) in [5, 5.41) is 7.59. The third kappa shape index (κ3) is 5.38. The minimum absolute atomic E-state index is 0.122. The maximum atomic E-state index is 12.9. The summed E-state index contributed by atoms with van der Waals surface area (Å²) in [5.74, 6) is -0.823. The van der Waals surface area contributed by atoms with Crippen molar-refractivity contribution in [3.8, 4) is 0 Å². The fraction of sp³-hybridized carbons (Fsp3) is 0.105. The van der Waals surface area contributed by atoms with Crippen LogP contribution in [0, 0.1) is 5.82 Å². The molecule has 3 rings (SSSR count). The third-order valence-corrected chi connectivity index (χ3v) is 5.36. The molecule has 0 spiro atoms. The Labute approximate surface area is 164 Å². The van der Waals surface area contributed by atoms with Crippen LogP contribution in [0.3, 0.4) is 0 Å². The Morgan fingerprint density at radius 2 is 1.78 bits per heavy atom. The van der Waals surface area contributed by atoms with Gasteiger partial charge in [0, 0.05) is 27.7 Å². The maximum absolute atomic E-state index is 12.9. The largest absolute Gasteiger partial charge is 0.322 e. The first-order chi connectivity index (χ1) is 13.0. The van der Waals surface area contributed by atoms with Crippen molar-refractivity contribution in [3.63, 3.8) is 0 Å². The van der Waals surface area contributed by atoms with E-state index in [0.29, 0.717) is 16.4 Å². The van der Waals surface area contributed by atoms with Crippen molar-refractivity contribution in [3.05, 3.63) is 71.5 Å². The number of anilines is 2. The van der Waals surface area contributed by atoms with Gasteiger partial charge < -0.3 is 10.6 Å². The fourth-order valence-electron chi connectivity index (χ4n) is 2.17. The number of nitrogens with one attached hydrogen (secondary N) is 2. The second-order valence-corrected chi connectivity index (χ2v) is 7.88. The Morgan fingerprint density at radius 1 is 1.07 bits per heavy atom. The molecule has 1 aromatic heterocycles. The third-order valence-electron chi connectivity index (χ3n) is 3.56. The van der Waals surface area contributed by atoms with Crippen molar-refractivity contribution in [2.45, 2.75) is 17.1 Å². The molecule has 3 aromatic rings. The van der Waals surface area contributed by atoms with Gasteiger partial charge in [-0.1, -0.05) is 0 Å². The van der Waals surface area contributed by atoms with Crippen LogP contribution in [0.25, 0.3) is 0 Å². The molecule has 8 heteroatoms. The number of benzene rings is 2. The Balaban J connectivity index is 1.55. The molecule has 27 heavy (non-hydrogen) atoms. The van der Waals surface area contributed by atoms with Crippen molar-refractivity contribution < 1.29 is 14.0 Å². The molecule has 1 heterocycles. The lowest BCUT2D eigenvalue weighted by Crippen LogP contribution is -2.22. The molecule has 0 radical (unpaired) electrons. The molecule has 5 nitrogen and oxygen atoms in total. The van der Waals surface area contributed by atoms with Crippen LogP contribution in [0.4, 0.5) is 15.2 Å². The number of carbonyl (C=O) groups is 2. The quantitative estimate of drug-likeness (QED) is 0.590. The molecule has 0 fully saturated rings. The van der Waals surface area contributed by atoms with E-state index in [-0.39, 0.29) is 22.9 Å². The number of carbonyl (C=O) groups excluding carboxylic acids is 2. The number of thiazole rings is 1. The highest BCUT2D eigenvalue weighted by molar-refractivity contribution is 8.00. The number of halogens is 1. The summed E-state index contributed by atoms with van der Waals surface area (Å²) in [4.78, 5) is 29.2. The van der Waals surface area contributed by atoms with Crippen LogP contribution in [0.2, 0.25) is 0 Å². The highest BCUT2D eigenvalue weighted by Crippen LogP contribution is 2.26. The number of rotatable bonds is 6. The first-order valence-corrected chi connectivity index (χ1v) is 9.81. The number of aromatic nitrogens is 1. The van der Waals surface area contributed by atoms with Crippen LogP contribution < -0.4 is 10.6 Å². The predicted molar refractivity (Wildman–Crippen MR) is 107 cm³/mol. The van der Waals surface area contributed by atoms with Gasteiger partial charge in [0.2, 0.25) is 5.91 Å². The molecule has 2 aromatic carbocycles. The first kappa shape index (κ1) is 19.1. The van der Waals surface area contributed by atoms with Gasteiger partial charge in [-0.3, -0.25) is 9.59 Å². The van der Waals surface area contributed by atoms with Gasteiger partial charge in [-0.05, 0) is 55.5 Å². The first-order valence-electron chi connectivity index (χ1n) is 8.05. The van der Waals surface area contributed by atoms with Gasteiger partial charge in [0.1, 0.15) is 5.82 Å². The summed E-state index contributed by atoms with van der Waals surface area (Å²) in [6, 6.07) is 12.5. The highest BCUT2D eigenvalue weighted by atomic mass is 32.2. The second-order valence-electron chi connectivity index (χ2n) is 5.57. The molecule has 0 aliphatic carbocycles. The summed E-state index contributed by atoms with van der Waals surface area (Å²) in [6.07, 6.45) is 1.64. The molecule has 2 amide bonds. The van der Waals surface area contributed by atoms with Crippen LogP contribution in [0.5, 0.6) is 0 Å². The molecule has 0 saturated heterocycles. The van der Waals surface area contributed by atoms with Gasteiger partial charge >= 0.3 is 0 Å². The highest BCUT2D eigenvalue weighted by Gasteiger charge is 2.15. The van der Waals surface area contributed by atoms with Crippen LogP contribution in [0.1, 0.15) is 17.3 Å². The minimum atomic E-state index is -0.388. The zero-order chi connectivity index (χ0) is 19.2. The summed E-state index contributed by atoms with van der Waals surface area (Å²) >= 11 is 2.78. The average Bonchev–Trinajstić information content (AvgIpc) is 3.16. The van der Waals surface area contributed by atoms with Crippen LogP contribution in [0.15, 0.2) is 65.0 Å². The van der Waals surface area contributed by atoms with Gasteiger partial charge in [-0.25, -0.2) is 9.37 Å². The number of nitrogens with zero attached hydrogens (tertiary/aromatic N) is 1. The molecule has 1 atom stereocenters. The Bertz CT molecular complexity index is 913. The van der Waals surface area contributed by atoms with Crippen LogP contribution in [-0.2, 0) is 4.79 Å². The number of thioether (sulfide) groups is 1. The van der Waals surface area contributed by atoms with E-state index < -0.39 is 0 Å². The summed E-state index contributed by atoms with van der Waals surface area (Å²) in [7, 11) is 0. The van der Waals surface area contributed by atoms with E-state index in [1.165, 1.54) is 47.4 Å². The van der Waals surface area contributed by atoms with Crippen molar-refractivity contribution in [1.29, 1.82) is 0 Å². The summed E-state index contributed by atoms with van der Waals surface area (Å²) in [6.45, 7) is 1.82. The Morgan fingerprint density at radius 3 is 2.41 bits per heavy atom. The van der Waals surface area contributed by atoms with Crippen LogP contribution in [-0.4, -0.2) is 22.0 Å². The minimum Gasteiger partial charge on any atom is -0.322 e. The summed E-state index contributed by atoms with van der Waals surface area (Å²) < 4.78 is 12.9. The SMILES string of the molecule is CC(Sc1ccc(NC(=O)c2ccc(F)cc2)cc1)C(=O)Nc1nccs1.